The van der Waals surface area contributed by atoms with Gasteiger partial charge in [-0.05, 0) is 12.8 Å². The highest BCUT2D eigenvalue weighted by atomic mass is 16.5. The molecule has 0 spiro atoms. The Morgan fingerprint density at radius 2 is 2.36 bits per heavy atom. The number of ether oxygens (including phenoxy) is 1. The first kappa shape index (κ1) is 9.52. The van der Waals surface area contributed by atoms with E-state index in [1.54, 1.807) is 13.3 Å². The van der Waals surface area contributed by atoms with E-state index in [9.17, 15) is 0 Å². The maximum absolute atomic E-state index is 6.07. The normalized spacial score (nSPS) is 26.8. The molecule has 2 N–H and O–H groups in total. The monoisotopic (exact) mass is 195 g/mol. The van der Waals surface area contributed by atoms with E-state index in [1.165, 1.54) is 6.42 Å². The number of rotatable bonds is 2. The molecule has 1 fully saturated rings. The van der Waals surface area contributed by atoms with Crippen molar-refractivity contribution in [3.63, 3.8) is 0 Å². The number of nitrogens with two attached hydrogens (primary N) is 1. The van der Waals surface area contributed by atoms with E-state index in [0.717, 1.165) is 24.3 Å². The summed E-state index contributed by atoms with van der Waals surface area (Å²) in [5, 5.41) is 4.20. The van der Waals surface area contributed by atoms with Gasteiger partial charge in [0.25, 0.3) is 0 Å². The quantitative estimate of drug-likeness (QED) is 0.766. The van der Waals surface area contributed by atoms with Crippen molar-refractivity contribution in [1.29, 1.82) is 0 Å². The van der Waals surface area contributed by atoms with Gasteiger partial charge >= 0.3 is 0 Å². The molecular formula is C10H17N3O. The second-order valence-electron chi connectivity index (χ2n) is 3.92. The largest absolute Gasteiger partial charge is 0.493 e. The van der Waals surface area contributed by atoms with Crippen LogP contribution in [0.4, 0.5) is 0 Å². The number of hydrogen-bond donors (Lipinski definition) is 1. The van der Waals surface area contributed by atoms with Gasteiger partial charge in [-0.2, -0.15) is 5.10 Å². The summed E-state index contributed by atoms with van der Waals surface area (Å²) in [6, 6.07) is 0.263. The van der Waals surface area contributed by atoms with Gasteiger partial charge in [0.05, 0.1) is 19.0 Å². The molecule has 2 atom stereocenters. The molecule has 4 nitrogen and oxygen atoms in total. The van der Waals surface area contributed by atoms with Gasteiger partial charge in [0.15, 0.2) is 5.75 Å². The summed E-state index contributed by atoms with van der Waals surface area (Å²) in [5.41, 5.74) is 7.22. The predicted octanol–water partition coefficient (Wildman–Crippen LogP) is 1.02. The van der Waals surface area contributed by atoms with Gasteiger partial charge in [0.2, 0.25) is 0 Å². The molecule has 1 saturated carbocycles. The molecule has 78 valence electrons. The zero-order chi connectivity index (χ0) is 10.1. The van der Waals surface area contributed by atoms with Crippen LogP contribution in [0.15, 0.2) is 6.20 Å². The van der Waals surface area contributed by atoms with Crippen LogP contribution in [0.25, 0.3) is 0 Å². The minimum atomic E-state index is 0.263. The third-order valence-electron chi connectivity index (χ3n) is 3.09. The molecule has 0 amide bonds. The molecule has 0 aromatic carbocycles. The van der Waals surface area contributed by atoms with Gasteiger partial charge in [0, 0.05) is 19.0 Å². The van der Waals surface area contributed by atoms with Crippen molar-refractivity contribution in [3.8, 4) is 5.75 Å². The van der Waals surface area contributed by atoms with E-state index in [-0.39, 0.29) is 6.04 Å². The Hall–Kier alpha value is -1.03. The molecule has 1 heterocycles. The molecule has 4 heteroatoms. The Morgan fingerprint density at radius 3 is 2.93 bits per heavy atom. The van der Waals surface area contributed by atoms with Crippen molar-refractivity contribution in [2.24, 2.45) is 12.8 Å². The van der Waals surface area contributed by atoms with Crippen molar-refractivity contribution < 1.29 is 4.74 Å². The zero-order valence-corrected chi connectivity index (χ0v) is 8.73. The van der Waals surface area contributed by atoms with Crippen LogP contribution in [-0.2, 0) is 7.05 Å². The lowest BCUT2D eigenvalue weighted by Gasteiger charge is -2.16. The Bertz CT molecular complexity index is 321. The SMILES string of the molecule is COc1cnn(C)c1C1CCCC1N. The molecule has 1 aromatic heterocycles. The van der Waals surface area contributed by atoms with Crippen LogP contribution < -0.4 is 10.5 Å². The standard InChI is InChI=1S/C10H17N3O/c1-13-10(9(14-2)6-12-13)7-4-3-5-8(7)11/h6-8H,3-5,11H2,1-2H3. The topological polar surface area (TPSA) is 53.1 Å². The van der Waals surface area contributed by atoms with E-state index < -0.39 is 0 Å². The molecule has 0 saturated heterocycles. The minimum Gasteiger partial charge on any atom is -0.493 e. The summed E-state index contributed by atoms with van der Waals surface area (Å²) < 4.78 is 7.17. The Balaban J connectivity index is 2.33. The van der Waals surface area contributed by atoms with Gasteiger partial charge < -0.3 is 10.5 Å². The van der Waals surface area contributed by atoms with Crippen molar-refractivity contribution in [2.45, 2.75) is 31.2 Å². The maximum Gasteiger partial charge on any atom is 0.160 e. The summed E-state index contributed by atoms with van der Waals surface area (Å²) in [6.45, 7) is 0. The third kappa shape index (κ3) is 1.39. The first-order valence-corrected chi connectivity index (χ1v) is 5.05. The van der Waals surface area contributed by atoms with Crippen LogP contribution in [0.1, 0.15) is 30.9 Å². The van der Waals surface area contributed by atoms with Gasteiger partial charge in [0.1, 0.15) is 0 Å². The van der Waals surface area contributed by atoms with Crippen molar-refractivity contribution in [2.75, 3.05) is 7.11 Å². The van der Waals surface area contributed by atoms with Crippen LogP contribution >= 0.6 is 0 Å². The van der Waals surface area contributed by atoms with E-state index in [4.69, 9.17) is 10.5 Å². The van der Waals surface area contributed by atoms with Crippen molar-refractivity contribution in [3.05, 3.63) is 11.9 Å². The second-order valence-corrected chi connectivity index (χ2v) is 3.92. The summed E-state index contributed by atoms with van der Waals surface area (Å²) in [4.78, 5) is 0. The third-order valence-corrected chi connectivity index (χ3v) is 3.09. The highest BCUT2D eigenvalue weighted by Crippen LogP contribution is 2.37. The minimum absolute atomic E-state index is 0.263. The number of methoxy groups -OCH3 is 1. The molecule has 2 unspecified atom stereocenters. The smallest absolute Gasteiger partial charge is 0.160 e. The average molecular weight is 195 g/mol. The van der Waals surface area contributed by atoms with Crippen LogP contribution in [0.3, 0.4) is 0 Å². The number of aromatic nitrogens is 2. The Morgan fingerprint density at radius 1 is 1.57 bits per heavy atom. The average Bonchev–Trinajstić information content (AvgIpc) is 2.72. The summed E-state index contributed by atoms with van der Waals surface area (Å²) >= 11 is 0. The summed E-state index contributed by atoms with van der Waals surface area (Å²) in [6.07, 6.45) is 5.23. The van der Waals surface area contributed by atoms with Crippen LogP contribution in [-0.4, -0.2) is 22.9 Å². The highest BCUT2D eigenvalue weighted by Gasteiger charge is 2.30. The first-order valence-electron chi connectivity index (χ1n) is 5.05. The van der Waals surface area contributed by atoms with E-state index >= 15 is 0 Å². The Labute approximate surface area is 84.0 Å². The van der Waals surface area contributed by atoms with Crippen molar-refractivity contribution in [1.82, 2.24) is 9.78 Å². The lowest BCUT2D eigenvalue weighted by Crippen LogP contribution is -2.24. The molecule has 1 aliphatic carbocycles. The van der Waals surface area contributed by atoms with Crippen LogP contribution in [0.5, 0.6) is 5.75 Å². The summed E-state index contributed by atoms with van der Waals surface area (Å²) in [5.74, 6) is 1.28. The molecule has 1 aliphatic rings. The van der Waals surface area contributed by atoms with Crippen molar-refractivity contribution >= 4 is 0 Å². The second kappa shape index (κ2) is 3.61. The molecular weight excluding hydrogens is 178 g/mol. The lowest BCUT2D eigenvalue weighted by molar-refractivity contribution is 0.399. The van der Waals surface area contributed by atoms with Gasteiger partial charge in [-0.1, -0.05) is 6.42 Å². The molecule has 1 aromatic rings. The number of nitrogens with zero attached hydrogens (tertiary/aromatic N) is 2. The van der Waals surface area contributed by atoms with E-state index in [2.05, 4.69) is 5.10 Å². The number of aryl methyl sites for hydroxylation is 1. The number of hydrogen-bond acceptors (Lipinski definition) is 3. The predicted molar refractivity (Wildman–Crippen MR) is 54.3 cm³/mol. The fourth-order valence-corrected chi connectivity index (χ4v) is 2.34. The molecule has 14 heavy (non-hydrogen) atoms. The molecule has 0 aliphatic heterocycles. The fourth-order valence-electron chi connectivity index (χ4n) is 2.34. The Kier molecular flexibility index (Phi) is 2.46. The lowest BCUT2D eigenvalue weighted by atomic mass is 9.99. The first-order chi connectivity index (χ1) is 6.74. The van der Waals surface area contributed by atoms with Gasteiger partial charge in [-0.25, -0.2) is 0 Å². The van der Waals surface area contributed by atoms with Gasteiger partial charge in [-0.15, -0.1) is 0 Å². The molecule has 2 rings (SSSR count). The van der Waals surface area contributed by atoms with Crippen LogP contribution in [0.2, 0.25) is 0 Å². The molecule has 0 bridgehead atoms. The molecule has 0 radical (unpaired) electrons. The fraction of sp³-hybridized carbons (Fsp3) is 0.700. The van der Waals surface area contributed by atoms with E-state index in [1.807, 2.05) is 11.7 Å². The van der Waals surface area contributed by atoms with E-state index in [0.29, 0.717) is 5.92 Å². The maximum atomic E-state index is 6.07. The van der Waals surface area contributed by atoms with Crippen LogP contribution in [0, 0.1) is 0 Å². The van der Waals surface area contributed by atoms with Gasteiger partial charge in [-0.3, -0.25) is 4.68 Å². The highest BCUT2D eigenvalue weighted by molar-refractivity contribution is 5.30. The summed E-state index contributed by atoms with van der Waals surface area (Å²) in [7, 11) is 3.63. The zero-order valence-electron chi connectivity index (χ0n) is 8.73.